The lowest BCUT2D eigenvalue weighted by Gasteiger charge is -2.39. The molecule has 0 saturated heterocycles. The molecule has 0 bridgehead atoms. The smallest absolute Gasteiger partial charge is 0.123 e. The zero-order valence-electron chi connectivity index (χ0n) is 12.7. The van der Waals surface area contributed by atoms with Crippen LogP contribution in [0.2, 0.25) is 0 Å². The van der Waals surface area contributed by atoms with Crippen molar-refractivity contribution in [3.05, 3.63) is 59.4 Å². The quantitative estimate of drug-likeness (QED) is 0.867. The van der Waals surface area contributed by atoms with E-state index in [0.29, 0.717) is 11.8 Å². The van der Waals surface area contributed by atoms with E-state index in [-0.39, 0.29) is 11.7 Å². The molecule has 1 aliphatic rings. The van der Waals surface area contributed by atoms with Crippen molar-refractivity contribution in [3.8, 4) is 0 Å². The van der Waals surface area contributed by atoms with E-state index in [1.807, 2.05) is 0 Å². The molecule has 0 saturated carbocycles. The molecule has 1 aliphatic carbocycles. The van der Waals surface area contributed by atoms with Crippen molar-refractivity contribution in [3.63, 3.8) is 0 Å². The number of allylic oxidation sites excluding steroid dienone is 2. The molecule has 2 heteroatoms. The summed E-state index contributed by atoms with van der Waals surface area (Å²) in [5, 5.41) is 0. The van der Waals surface area contributed by atoms with Gasteiger partial charge in [0.15, 0.2) is 0 Å². The van der Waals surface area contributed by atoms with Gasteiger partial charge in [0, 0.05) is 5.92 Å². The maximum absolute atomic E-state index is 13.1. The van der Waals surface area contributed by atoms with Crippen LogP contribution in [-0.4, -0.2) is 0 Å². The third-order valence-corrected chi connectivity index (χ3v) is 4.20. The first-order chi connectivity index (χ1) is 9.34. The maximum atomic E-state index is 13.1. The number of rotatable bonds is 3. The van der Waals surface area contributed by atoms with Crippen LogP contribution in [0, 0.1) is 23.6 Å². The van der Waals surface area contributed by atoms with E-state index >= 15 is 0 Å². The van der Waals surface area contributed by atoms with E-state index in [2.05, 4.69) is 45.9 Å². The molecule has 0 aromatic heterocycles. The first-order valence-corrected chi connectivity index (χ1v) is 7.30. The third kappa shape index (κ3) is 2.71. The lowest BCUT2D eigenvalue weighted by Crippen LogP contribution is -2.45. The number of hydrogen-bond donors (Lipinski definition) is 1. The summed E-state index contributed by atoms with van der Waals surface area (Å²) in [6.07, 6.45) is 6.49. The Morgan fingerprint density at radius 1 is 1.10 bits per heavy atom. The van der Waals surface area contributed by atoms with Crippen LogP contribution in [-0.2, 0) is 5.54 Å². The highest BCUT2D eigenvalue weighted by Gasteiger charge is 2.37. The van der Waals surface area contributed by atoms with Gasteiger partial charge in [0.05, 0.1) is 5.54 Å². The molecule has 1 nitrogen and oxygen atoms in total. The second kappa shape index (κ2) is 5.53. The highest BCUT2D eigenvalue weighted by molar-refractivity contribution is 5.40. The van der Waals surface area contributed by atoms with E-state index in [9.17, 15) is 4.39 Å². The molecule has 0 radical (unpaired) electrons. The second-order valence-electron chi connectivity index (χ2n) is 6.36. The summed E-state index contributed by atoms with van der Waals surface area (Å²) in [6, 6.07) is 6.56. The molecule has 2 N–H and O–H groups in total. The largest absolute Gasteiger partial charge is 0.318 e. The van der Waals surface area contributed by atoms with Crippen LogP contribution >= 0.6 is 0 Å². The molecule has 2 atom stereocenters. The topological polar surface area (TPSA) is 26.0 Å². The Bertz CT molecular complexity index is 525. The van der Waals surface area contributed by atoms with Gasteiger partial charge >= 0.3 is 0 Å². The van der Waals surface area contributed by atoms with E-state index in [4.69, 9.17) is 5.73 Å². The Balaban J connectivity index is 2.44. The predicted molar refractivity (Wildman–Crippen MR) is 82.7 cm³/mol. The summed E-state index contributed by atoms with van der Waals surface area (Å²) in [4.78, 5) is 0. The molecule has 1 aromatic rings. The summed E-state index contributed by atoms with van der Waals surface area (Å²) in [5.41, 5.74) is 8.42. The molecule has 0 heterocycles. The molecule has 0 fully saturated rings. The van der Waals surface area contributed by atoms with Gasteiger partial charge in [-0.1, -0.05) is 58.1 Å². The van der Waals surface area contributed by atoms with E-state index < -0.39 is 5.54 Å². The minimum atomic E-state index is -0.555. The molecule has 1 aromatic carbocycles. The first-order valence-electron chi connectivity index (χ1n) is 7.30. The fourth-order valence-corrected chi connectivity index (χ4v) is 2.90. The van der Waals surface area contributed by atoms with Crippen LogP contribution in [0.1, 0.15) is 33.3 Å². The summed E-state index contributed by atoms with van der Waals surface area (Å²) in [6.45, 7) is 8.75. The Kier molecular flexibility index (Phi) is 4.14. The second-order valence-corrected chi connectivity index (χ2v) is 6.36. The van der Waals surface area contributed by atoms with Crippen molar-refractivity contribution in [2.75, 3.05) is 0 Å². The van der Waals surface area contributed by atoms with Crippen molar-refractivity contribution in [2.45, 2.75) is 33.2 Å². The Labute approximate surface area is 121 Å². The van der Waals surface area contributed by atoms with E-state index in [1.54, 1.807) is 12.1 Å². The van der Waals surface area contributed by atoms with Gasteiger partial charge < -0.3 is 5.73 Å². The Morgan fingerprint density at radius 3 is 2.20 bits per heavy atom. The maximum Gasteiger partial charge on any atom is 0.123 e. The van der Waals surface area contributed by atoms with Crippen LogP contribution < -0.4 is 5.73 Å². The van der Waals surface area contributed by atoms with Crippen LogP contribution in [0.3, 0.4) is 0 Å². The monoisotopic (exact) mass is 273 g/mol. The van der Waals surface area contributed by atoms with Crippen LogP contribution in [0.5, 0.6) is 0 Å². The van der Waals surface area contributed by atoms with E-state index in [1.165, 1.54) is 17.7 Å². The molecule has 20 heavy (non-hydrogen) atoms. The lowest BCUT2D eigenvalue weighted by atomic mass is 9.69. The molecule has 2 rings (SSSR count). The zero-order chi connectivity index (χ0) is 14.9. The minimum absolute atomic E-state index is 0.218. The van der Waals surface area contributed by atoms with Crippen molar-refractivity contribution in [1.29, 1.82) is 0 Å². The summed E-state index contributed by atoms with van der Waals surface area (Å²) >= 11 is 0. The number of nitrogens with two attached hydrogens (primary N) is 1. The van der Waals surface area contributed by atoms with Gasteiger partial charge in [0.2, 0.25) is 0 Å². The van der Waals surface area contributed by atoms with Crippen molar-refractivity contribution in [1.82, 2.24) is 0 Å². The van der Waals surface area contributed by atoms with Gasteiger partial charge in [-0.05, 0) is 35.1 Å². The summed E-state index contributed by atoms with van der Waals surface area (Å²) in [5.74, 6) is 0.904. The number of hydrogen-bond acceptors (Lipinski definition) is 1. The SMILES string of the molecule is CC(C)C1=CC(C(C)C)C(N)(c2ccc(F)cc2)C=C1. The lowest BCUT2D eigenvalue weighted by molar-refractivity contribution is 0.310. The average Bonchev–Trinajstić information content (AvgIpc) is 2.39. The average molecular weight is 273 g/mol. The van der Waals surface area contributed by atoms with Crippen LogP contribution in [0.15, 0.2) is 48.1 Å². The van der Waals surface area contributed by atoms with E-state index in [0.717, 1.165) is 5.56 Å². The molecule has 0 spiro atoms. The highest BCUT2D eigenvalue weighted by Crippen LogP contribution is 2.39. The molecular weight excluding hydrogens is 249 g/mol. The standard InChI is InChI=1S/C18H24FN/c1-12(2)14-9-10-18(20,17(11-14)13(3)4)15-5-7-16(19)8-6-15/h5-13,17H,20H2,1-4H3. The fraction of sp³-hybridized carbons (Fsp3) is 0.444. The summed E-state index contributed by atoms with van der Waals surface area (Å²) in [7, 11) is 0. The molecule has 2 unspecified atom stereocenters. The third-order valence-electron chi connectivity index (χ3n) is 4.20. The minimum Gasteiger partial charge on any atom is -0.318 e. The number of benzene rings is 1. The van der Waals surface area contributed by atoms with Gasteiger partial charge in [-0.15, -0.1) is 0 Å². The molecule has 0 aliphatic heterocycles. The van der Waals surface area contributed by atoms with Gasteiger partial charge in [-0.25, -0.2) is 4.39 Å². The molecule has 108 valence electrons. The molecule has 0 amide bonds. The van der Waals surface area contributed by atoms with Crippen molar-refractivity contribution < 1.29 is 4.39 Å². The summed E-state index contributed by atoms with van der Waals surface area (Å²) < 4.78 is 13.1. The predicted octanol–water partition coefficient (Wildman–Crippen LogP) is 4.40. The van der Waals surface area contributed by atoms with Gasteiger partial charge in [0.25, 0.3) is 0 Å². The van der Waals surface area contributed by atoms with Crippen LogP contribution in [0.4, 0.5) is 4.39 Å². The normalized spacial score (nSPS) is 26.2. The Morgan fingerprint density at radius 2 is 1.70 bits per heavy atom. The first kappa shape index (κ1) is 15.0. The fourth-order valence-electron chi connectivity index (χ4n) is 2.90. The molecular formula is C18H24FN. The van der Waals surface area contributed by atoms with Gasteiger partial charge in [-0.3, -0.25) is 0 Å². The zero-order valence-corrected chi connectivity index (χ0v) is 12.7. The number of halogens is 1. The van der Waals surface area contributed by atoms with Gasteiger partial charge in [0.1, 0.15) is 5.82 Å². The highest BCUT2D eigenvalue weighted by atomic mass is 19.1. The van der Waals surface area contributed by atoms with Gasteiger partial charge in [-0.2, -0.15) is 0 Å². The van der Waals surface area contributed by atoms with Crippen LogP contribution in [0.25, 0.3) is 0 Å². The van der Waals surface area contributed by atoms with Crippen molar-refractivity contribution in [2.24, 2.45) is 23.5 Å². The van der Waals surface area contributed by atoms with Crippen molar-refractivity contribution >= 4 is 0 Å². The Hall–Kier alpha value is -1.41.